The summed E-state index contributed by atoms with van der Waals surface area (Å²) in [6.45, 7) is 5.15. The zero-order chi connectivity index (χ0) is 26.5. The van der Waals surface area contributed by atoms with Crippen LogP contribution in [0.15, 0.2) is 60.7 Å². The average Bonchev–Trinajstić information content (AvgIpc) is 2.89. The van der Waals surface area contributed by atoms with Crippen molar-refractivity contribution >= 4 is 22.6 Å². The van der Waals surface area contributed by atoms with Crippen molar-refractivity contribution in [3.05, 3.63) is 82.9 Å². The molecule has 0 fully saturated rings. The minimum Gasteiger partial charge on any atom is -0.479 e. The Balaban J connectivity index is 1.24. The van der Waals surface area contributed by atoms with E-state index < -0.39 is 12.1 Å². The van der Waals surface area contributed by atoms with Crippen LogP contribution in [0.5, 0.6) is 0 Å². The van der Waals surface area contributed by atoms with Gasteiger partial charge in [0.2, 0.25) is 5.91 Å². The van der Waals surface area contributed by atoms with E-state index in [0.717, 1.165) is 51.4 Å². The van der Waals surface area contributed by atoms with Crippen LogP contribution in [0.4, 0.5) is 0 Å². The molecular weight excluding hydrogens is 462 g/mol. The van der Waals surface area contributed by atoms with Crippen LogP contribution in [-0.4, -0.2) is 36.2 Å². The molecule has 2 N–H and O–H groups in total. The third-order valence-corrected chi connectivity index (χ3v) is 6.92. The van der Waals surface area contributed by atoms with E-state index in [1.807, 2.05) is 0 Å². The van der Waals surface area contributed by atoms with Crippen molar-refractivity contribution in [3.63, 3.8) is 0 Å². The van der Waals surface area contributed by atoms with E-state index in [0.29, 0.717) is 13.2 Å². The van der Waals surface area contributed by atoms with E-state index in [1.54, 1.807) is 0 Å². The van der Waals surface area contributed by atoms with Gasteiger partial charge in [-0.3, -0.25) is 4.79 Å². The van der Waals surface area contributed by atoms with E-state index in [1.165, 1.54) is 33.0 Å². The standard InChI is InChI=1S/C32H41NO4/c1-24-15-16-26(21-25(24)2)11-6-4-10-20-37-30(32(35)36)23-31(34)33-19-9-3-5-12-27-17-18-28-13-7-8-14-29(28)22-27/h7-8,13-18,21-22,30H,3-6,9-12,19-20,23H2,1-2H3,(H,33,34)(H,35,36). The van der Waals surface area contributed by atoms with Crippen LogP contribution >= 0.6 is 0 Å². The highest BCUT2D eigenvalue weighted by Crippen LogP contribution is 2.17. The number of rotatable bonds is 16. The average molecular weight is 504 g/mol. The molecule has 3 aromatic carbocycles. The van der Waals surface area contributed by atoms with Gasteiger partial charge in [0.05, 0.1) is 6.42 Å². The summed E-state index contributed by atoms with van der Waals surface area (Å²) < 4.78 is 5.53. The molecule has 198 valence electrons. The van der Waals surface area contributed by atoms with Crippen LogP contribution in [0.2, 0.25) is 0 Å². The minimum atomic E-state index is -1.09. The van der Waals surface area contributed by atoms with Crippen molar-refractivity contribution in [2.24, 2.45) is 0 Å². The zero-order valence-corrected chi connectivity index (χ0v) is 22.3. The smallest absolute Gasteiger partial charge is 0.333 e. The van der Waals surface area contributed by atoms with Crippen LogP contribution in [-0.2, 0) is 27.2 Å². The summed E-state index contributed by atoms with van der Waals surface area (Å²) in [6.07, 6.45) is 6.50. The molecule has 0 aliphatic rings. The van der Waals surface area contributed by atoms with Gasteiger partial charge in [0.25, 0.3) is 0 Å². The molecule has 5 heteroatoms. The minimum absolute atomic E-state index is 0.144. The number of amides is 1. The van der Waals surface area contributed by atoms with Gasteiger partial charge in [0.1, 0.15) is 0 Å². The lowest BCUT2D eigenvalue weighted by molar-refractivity contribution is -0.153. The van der Waals surface area contributed by atoms with Gasteiger partial charge in [0, 0.05) is 13.2 Å². The summed E-state index contributed by atoms with van der Waals surface area (Å²) in [5.74, 6) is -1.35. The predicted octanol–water partition coefficient (Wildman–Crippen LogP) is 6.56. The van der Waals surface area contributed by atoms with Crippen molar-refractivity contribution in [1.29, 1.82) is 0 Å². The molecule has 0 heterocycles. The second-order valence-corrected chi connectivity index (χ2v) is 9.97. The maximum Gasteiger partial charge on any atom is 0.333 e. The normalized spacial score (nSPS) is 11.9. The maximum atomic E-state index is 12.2. The van der Waals surface area contributed by atoms with Gasteiger partial charge in [-0.2, -0.15) is 0 Å². The molecule has 37 heavy (non-hydrogen) atoms. The Morgan fingerprint density at radius 2 is 1.46 bits per heavy atom. The van der Waals surface area contributed by atoms with Crippen molar-refractivity contribution in [2.75, 3.05) is 13.2 Å². The van der Waals surface area contributed by atoms with Gasteiger partial charge in [-0.1, -0.05) is 73.5 Å². The summed E-state index contributed by atoms with van der Waals surface area (Å²) in [4.78, 5) is 23.8. The maximum absolute atomic E-state index is 12.2. The van der Waals surface area contributed by atoms with Gasteiger partial charge >= 0.3 is 5.97 Å². The number of unbranched alkanes of at least 4 members (excludes halogenated alkanes) is 4. The Morgan fingerprint density at radius 3 is 2.19 bits per heavy atom. The summed E-state index contributed by atoms with van der Waals surface area (Å²) in [7, 11) is 0. The summed E-state index contributed by atoms with van der Waals surface area (Å²) in [5, 5.41) is 14.8. The molecular formula is C32H41NO4. The highest BCUT2D eigenvalue weighted by molar-refractivity contribution is 5.84. The first-order chi connectivity index (χ1) is 17.9. The SMILES string of the molecule is Cc1ccc(CCCCCOC(CC(=O)NCCCCCc2ccc3ccccc3c2)C(=O)O)cc1C. The van der Waals surface area contributed by atoms with Crippen molar-refractivity contribution in [1.82, 2.24) is 5.32 Å². The molecule has 0 radical (unpaired) electrons. The number of carboxylic acid groups (broad SMARTS) is 1. The first kappa shape index (κ1) is 28.4. The number of ether oxygens (including phenoxy) is 1. The van der Waals surface area contributed by atoms with E-state index >= 15 is 0 Å². The second-order valence-electron chi connectivity index (χ2n) is 9.97. The highest BCUT2D eigenvalue weighted by atomic mass is 16.5. The Morgan fingerprint density at radius 1 is 0.784 bits per heavy atom. The number of nitrogens with one attached hydrogen (secondary N) is 1. The molecule has 0 saturated heterocycles. The summed E-state index contributed by atoms with van der Waals surface area (Å²) in [6, 6.07) is 21.5. The molecule has 3 rings (SSSR count). The van der Waals surface area contributed by atoms with Gasteiger partial charge in [-0.25, -0.2) is 4.79 Å². The van der Waals surface area contributed by atoms with Crippen molar-refractivity contribution < 1.29 is 19.4 Å². The Bertz CT molecular complexity index is 1160. The third kappa shape index (κ3) is 10.0. The first-order valence-electron chi connectivity index (χ1n) is 13.6. The molecule has 0 aromatic heterocycles. The molecule has 3 aromatic rings. The number of aliphatic carboxylic acids is 1. The topological polar surface area (TPSA) is 75.6 Å². The fourth-order valence-electron chi connectivity index (χ4n) is 4.50. The third-order valence-electron chi connectivity index (χ3n) is 6.92. The quantitative estimate of drug-likeness (QED) is 0.217. The van der Waals surface area contributed by atoms with Crippen molar-refractivity contribution in [2.45, 2.75) is 77.7 Å². The highest BCUT2D eigenvalue weighted by Gasteiger charge is 2.21. The second kappa shape index (κ2) is 15.2. The Hall–Kier alpha value is -3.18. The molecule has 0 spiro atoms. The first-order valence-corrected chi connectivity index (χ1v) is 13.6. The lowest BCUT2D eigenvalue weighted by Gasteiger charge is -2.14. The van der Waals surface area contributed by atoms with Gasteiger partial charge < -0.3 is 15.2 Å². The number of carbonyl (C=O) groups is 2. The van der Waals surface area contributed by atoms with Crippen molar-refractivity contribution in [3.8, 4) is 0 Å². The molecule has 1 unspecified atom stereocenters. The molecule has 0 aliphatic heterocycles. The number of carbonyl (C=O) groups excluding carboxylic acids is 1. The summed E-state index contributed by atoms with van der Waals surface area (Å²) in [5.41, 5.74) is 5.27. The lowest BCUT2D eigenvalue weighted by atomic mass is 10.0. The van der Waals surface area contributed by atoms with Crippen LogP contribution in [0.1, 0.15) is 67.2 Å². The molecule has 0 aliphatic carbocycles. The molecule has 0 bridgehead atoms. The molecule has 5 nitrogen and oxygen atoms in total. The Kier molecular flexibility index (Phi) is 11.6. The molecule has 1 atom stereocenters. The fourth-order valence-corrected chi connectivity index (χ4v) is 4.50. The monoisotopic (exact) mass is 503 g/mol. The van der Waals surface area contributed by atoms with Crippen LogP contribution in [0, 0.1) is 13.8 Å². The number of hydrogen-bond acceptors (Lipinski definition) is 3. The fraction of sp³-hybridized carbons (Fsp3) is 0.438. The van der Waals surface area contributed by atoms with E-state index in [-0.39, 0.29) is 12.3 Å². The van der Waals surface area contributed by atoms with Crippen LogP contribution in [0.3, 0.4) is 0 Å². The van der Waals surface area contributed by atoms with Gasteiger partial charge in [-0.05, 0) is 85.4 Å². The Labute approximate surface area is 221 Å². The van der Waals surface area contributed by atoms with Crippen LogP contribution in [0.25, 0.3) is 10.8 Å². The number of aryl methyl sites for hydroxylation is 4. The van der Waals surface area contributed by atoms with E-state index in [9.17, 15) is 14.7 Å². The number of hydrogen-bond donors (Lipinski definition) is 2. The lowest BCUT2D eigenvalue weighted by Crippen LogP contribution is -2.33. The van der Waals surface area contributed by atoms with Gasteiger partial charge in [-0.15, -0.1) is 0 Å². The largest absolute Gasteiger partial charge is 0.479 e. The number of fused-ring (bicyclic) bond motifs is 1. The predicted molar refractivity (Wildman–Crippen MR) is 150 cm³/mol. The summed E-state index contributed by atoms with van der Waals surface area (Å²) >= 11 is 0. The molecule has 0 saturated carbocycles. The van der Waals surface area contributed by atoms with E-state index in [2.05, 4.69) is 79.8 Å². The zero-order valence-electron chi connectivity index (χ0n) is 22.3. The van der Waals surface area contributed by atoms with Crippen LogP contribution < -0.4 is 5.32 Å². The van der Waals surface area contributed by atoms with Gasteiger partial charge in [0.15, 0.2) is 6.10 Å². The number of benzene rings is 3. The molecule has 1 amide bonds. The number of carboxylic acids is 1. The van der Waals surface area contributed by atoms with E-state index in [4.69, 9.17) is 4.74 Å².